The molecule has 0 aromatic carbocycles. The van der Waals surface area contributed by atoms with Gasteiger partial charge in [0.15, 0.2) is 0 Å². The summed E-state index contributed by atoms with van der Waals surface area (Å²) in [4.78, 5) is 25.6. The van der Waals surface area contributed by atoms with E-state index < -0.39 is 0 Å². The molecule has 6 nitrogen and oxygen atoms in total. The molecular weight excluding hydrogens is 361 g/mol. The van der Waals surface area contributed by atoms with Crippen molar-refractivity contribution < 1.29 is 4.79 Å². The Bertz CT molecular complexity index is 798. The van der Waals surface area contributed by atoms with Crippen LogP contribution in [0.2, 0.25) is 10.0 Å². The second-order valence-electron chi connectivity index (χ2n) is 6.41. The molecule has 1 saturated heterocycles. The van der Waals surface area contributed by atoms with Crippen molar-refractivity contribution in [3.63, 3.8) is 0 Å². The number of rotatable bonds is 2. The van der Waals surface area contributed by atoms with Gasteiger partial charge in [0.1, 0.15) is 17.3 Å². The van der Waals surface area contributed by atoms with E-state index in [9.17, 15) is 4.79 Å². The lowest BCUT2D eigenvalue weighted by Crippen LogP contribution is -2.49. The number of carbonyl (C=O) groups is 1. The molecule has 4 heterocycles. The summed E-state index contributed by atoms with van der Waals surface area (Å²) >= 11 is 12.2. The van der Waals surface area contributed by atoms with Gasteiger partial charge in [-0.25, -0.2) is 9.97 Å². The van der Waals surface area contributed by atoms with Gasteiger partial charge in [0, 0.05) is 45.3 Å². The minimum atomic E-state index is 0.0652. The van der Waals surface area contributed by atoms with Crippen molar-refractivity contribution in [2.75, 3.05) is 31.1 Å². The molecule has 2 aromatic rings. The van der Waals surface area contributed by atoms with Crippen LogP contribution in [0, 0.1) is 0 Å². The highest BCUT2D eigenvalue weighted by Crippen LogP contribution is 2.27. The largest absolute Gasteiger partial charge is 0.352 e. The molecule has 8 heteroatoms. The van der Waals surface area contributed by atoms with Crippen molar-refractivity contribution in [1.82, 2.24) is 19.4 Å². The summed E-state index contributed by atoms with van der Waals surface area (Å²) in [6.45, 7) is 3.56. The number of aromatic nitrogens is 3. The van der Waals surface area contributed by atoms with Crippen LogP contribution in [0.15, 0.2) is 18.5 Å². The number of imidazole rings is 1. The van der Waals surface area contributed by atoms with Crippen molar-refractivity contribution >= 4 is 34.9 Å². The summed E-state index contributed by atoms with van der Waals surface area (Å²) in [5.41, 5.74) is 0.714. The Kier molecular flexibility index (Phi) is 4.56. The van der Waals surface area contributed by atoms with Crippen LogP contribution in [-0.4, -0.2) is 51.5 Å². The molecule has 0 bridgehead atoms. The summed E-state index contributed by atoms with van der Waals surface area (Å²) in [7, 11) is 0. The predicted octanol–water partition coefficient (Wildman–Crippen LogP) is 2.88. The Labute approximate surface area is 156 Å². The van der Waals surface area contributed by atoms with Crippen LogP contribution in [0.4, 0.5) is 5.82 Å². The second kappa shape index (κ2) is 6.84. The summed E-state index contributed by atoms with van der Waals surface area (Å²) < 4.78 is 2.08. The number of anilines is 1. The lowest BCUT2D eigenvalue weighted by Gasteiger charge is -2.35. The Morgan fingerprint density at radius 3 is 2.56 bits per heavy atom. The topological polar surface area (TPSA) is 54.3 Å². The quantitative estimate of drug-likeness (QED) is 0.804. The summed E-state index contributed by atoms with van der Waals surface area (Å²) in [5.74, 6) is 1.82. The molecule has 0 aliphatic carbocycles. The van der Waals surface area contributed by atoms with Gasteiger partial charge < -0.3 is 14.4 Å². The zero-order valence-corrected chi connectivity index (χ0v) is 15.3. The van der Waals surface area contributed by atoms with E-state index >= 15 is 0 Å². The fraction of sp³-hybridized carbons (Fsp3) is 0.471. The summed E-state index contributed by atoms with van der Waals surface area (Å²) in [6.07, 6.45) is 6.55. The first-order chi connectivity index (χ1) is 12.1. The van der Waals surface area contributed by atoms with E-state index in [0.29, 0.717) is 41.9 Å². The summed E-state index contributed by atoms with van der Waals surface area (Å²) in [5, 5.41) is 1.06. The molecule has 0 spiro atoms. The van der Waals surface area contributed by atoms with Crippen LogP contribution < -0.4 is 4.90 Å². The van der Waals surface area contributed by atoms with Crippen LogP contribution >= 0.6 is 23.2 Å². The van der Waals surface area contributed by atoms with Gasteiger partial charge in [0.05, 0.1) is 16.2 Å². The Balaban J connectivity index is 1.45. The molecule has 1 amide bonds. The number of hydrogen-bond acceptors (Lipinski definition) is 4. The standard InChI is InChI=1S/C17H19Cl2N5O/c18-12-9-13(19)16(21-10-12)22-5-7-23(8-6-22)17(25)14-11-20-15-3-1-2-4-24(14)15/h9-11H,1-8H2. The van der Waals surface area contributed by atoms with E-state index in [0.717, 1.165) is 37.4 Å². The van der Waals surface area contributed by atoms with Crippen LogP contribution in [-0.2, 0) is 13.0 Å². The van der Waals surface area contributed by atoms with E-state index in [4.69, 9.17) is 23.2 Å². The van der Waals surface area contributed by atoms with Crippen molar-refractivity contribution in [3.05, 3.63) is 40.0 Å². The van der Waals surface area contributed by atoms with Gasteiger partial charge in [0.2, 0.25) is 0 Å². The lowest BCUT2D eigenvalue weighted by molar-refractivity contribution is 0.0734. The minimum Gasteiger partial charge on any atom is -0.352 e. The number of amides is 1. The molecule has 0 N–H and O–H groups in total. The van der Waals surface area contributed by atoms with Crippen molar-refractivity contribution in [3.8, 4) is 0 Å². The number of hydrogen-bond donors (Lipinski definition) is 0. The van der Waals surface area contributed by atoms with E-state index in [1.807, 2.05) is 4.90 Å². The van der Waals surface area contributed by atoms with Crippen LogP contribution in [0.3, 0.4) is 0 Å². The highest BCUT2D eigenvalue weighted by Gasteiger charge is 2.27. The number of fused-ring (bicyclic) bond motifs is 1. The predicted molar refractivity (Wildman–Crippen MR) is 97.5 cm³/mol. The van der Waals surface area contributed by atoms with Gasteiger partial charge in [-0.05, 0) is 18.9 Å². The molecular formula is C17H19Cl2N5O. The molecule has 1 fully saturated rings. The minimum absolute atomic E-state index is 0.0652. The van der Waals surface area contributed by atoms with Crippen molar-refractivity contribution in [1.29, 1.82) is 0 Å². The molecule has 132 valence electrons. The van der Waals surface area contributed by atoms with Crippen LogP contribution in [0.5, 0.6) is 0 Å². The summed E-state index contributed by atoms with van der Waals surface area (Å²) in [6, 6.07) is 1.70. The van der Waals surface area contributed by atoms with Crippen molar-refractivity contribution in [2.24, 2.45) is 0 Å². The average Bonchev–Trinajstić information content (AvgIpc) is 3.05. The number of aryl methyl sites for hydroxylation is 1. The zero-order chi connectivity index (χ0) is 17.4. The van der Waals surface area contributed by atoms with Gasteiger partial charge in [-0.15, -0.1) is 0 Å². The van der Waals surface area contributed by atoms with Crippen LogP contribution in [0.1, 0.15) is 29.2 Å². The Hall–Kier alpha value is -1.79. The SMILES string of the molecule is O=C(c1cnc2n1CCCC2)N1CCN(c2ncc(Cl)cc2Cl)CC1. The fourth-order valence-electron chi connectivity index (χ4n) is 3.51. The maximum Gasteiger partial charge on any atom is 0.272 e. The third kappa shape index (κ3) is 3.20. The highest BCUT2D eigenvalue weighted by atomic mass is 35.5. The number of carbonyl (C=O) groups excluding carboxylic acids is 1. The van der Waals surface area contributed by atoms with Crippen LogP contribution in [0.25, 0.3) is 0 Å². The second-order valence-corrected chi connectivity index (χ2v) is 7.25. The number of halogens is 2. The van der Waals surface area contributed by atoms with E-state index in [1.165, 1.54) is 0 Å². The molecule has 2 aromatic heterocycles. The van der Waals surface area contributed by atoms with Gasteiger partial charge in [-0.2, -0.15) is 0 Å². The maximum absolute atomic E-state index is 12.9. The van der Waals surface area contributed by atoms with Crippen molar-refractivity contribution in [2.45, 2.75) is 25.8 Å². The van der Waals surface area contributed by atoms with Gasteiger partial charge >= 0.3 is 0 Å². The third-order valence-electron chi connectivity index (χ3n) is 4.84. The maximum atomic E-state index is 12.9. The average molecular weight is 380 g/mol. The molecule has 0 unspecified atom stereocenters. The molecule has 2 aliphatic rings. The monoisotopic (exact) mass is 379 g/mol. The zero-order valence-electron chi connectivity index (χ0n) is 13.8. The smallest absolute Gasteiger partial charge is 0.272 e. The first-order valence-corrected chi connectivity index (χ1v) is 9.29. The Morgan fingerprint density at radius 1 is 1.00 bits per heavy atom. The lowest BCUT2D eigenvalue weighted by atomic mass is 10.1. The fourth-order valence-corrected chi connectivity index (χ4v) is 4.01. The van der Waals surface area contributed by atoms with E-state index in [2.05, 4.69) is 19.4 Å². The molecule has 25 heavy (non-hydrogen) atoms. The Morgan fingerprint density at radius 2 is 1.80 bits per heavy atom. The number of nitrogens with zero attached hydrogens (tertiary/aromatic N) is 5. The van der Waals surface area contributed by atoms with Gasteiger partial charge in [-0.3, -0.25) is 4.79 Å². The normalized spacial score (nSPS) is 17.5. The molecule has 0 saturated carbocycles. The van der Waals surface area contributed by atoms with Gasteiger partial charge in [0.25, 0.3) is 5.91 Å². The molecule has 0 atom stereocenters. The first-order valence-electron chi connectivity index (χ1n) is 8.53. The highest BCUT2D eigenvalue weighted by molar-refractivity contribution is 6.36. The third-order valence-corrected chi connectivity index (χ3v) is 5.33. The van der Waals surface area contributed by atoms with Gasteiger partial charge in [-0.1, -0.05) is 23.2 Å². The van der Waals surface area contributed by atoms with E-state index in [-0.39, 0.29) is 5.91 Å². The molecule has 0 radical (unpaired) electrons. The number of pyridine rings is 1. The number of piperazine rings is 1. The first kappa shape index (κ1) is 16.7. The molecule has 4 rings (SSSR count). The molecule has 2 aliphatic heterocycles. The van der Waals surface area contributed by atoms with E-state index in [1.54, 1.807) is 18.5 Å².